The summed E-state index contributed by atoms with van der Waals surface area (Å²) in [5.41, 5.74) is 5.36. The number of aryl methyl sites for hydroxylation is 1. The molecule has 0 saturated carbocycles. The molecule has 0 aliphatic heterocycles. The van der Waals surface area contributed by atoms with Crippen molar-refractivity contribution < 1.29 is 0 Å². The van der Waals surface area contributed by atoms with Crippen LogP contribution in [-0.2, 0) is 0 Å². The number of benzene rings is 1. The van der Waals surface area contributed by atoms with Crippen LogP contribution >= 0.6 is 0 Å². The maximum atomic E-state index is 4.73. The van der Waals surface area contributed by atoms with E-state index >= 15 is 0 Å². The largest absolute Gasteiger partial charge is 0.255 e. The maximum absolute atomic E-state index is 4.73. The average molecular weight is 355 g/mol. The van der Waals surface area contributed by atoms with Crippen LogP contribution in [0.15, 0.2) is 102 Å². The predicted octanol–water partition coefficient (Wildman–Crippen LogP) is 5.96. The summed E-state index contributed by atoms with van der Waals surface area (Å²) in [6.07, 6.45) is 9.23. The number of amidine groups is 1. The fourth-order valence-electron chi connectivity index (χ4n) is 2.36. The van der Waals surface area contributed by atoms with Crippen molar-refractivity contribution >= 4 is 17.2 Å². The van der Waals surface area contributed by atoms with Gasteiger partial charge in [-0.15, -0.1) is 0 Å². The second-order valence-electron chi connectivity index (χ2n) is 6.13. The number of nitrogens with zero attached hydrogens (tertiary/aromatic N) is 3. The molecule has 3 heteroatoms. The first-order chi connectivity index (χ1) is 13.0. The highest BCUT2D eigenvalue weighted by molar-refractivity contribution is 6.11. The number of hydrogen-bond donors (Lipinski definition) is 0. The van der Waals surface area contributed by atoms with Gasteiger partial charge in [0.2, 0.25) is 0 Å². The van der Waals surface area contributed by atoms with E-state index in [1.165, 1.54) is 5.56 Å². The zero-order valence-electron chi connectivity index (χ0n) is 16.2. The van der Waals surface area contributed by atoms with Gasteiger partial charge in [-0.25, -0.2) is 9.98 Å². The number of allylic oxidation sites excluding steroid dienone is 4. The van der Waals surface area contributed by atoms with Gasteiger partial charge in [0.1, 0.15) is 0 Å². The minimum Gasteiger partial charge on any atom is -0.255 e. The lowest BCUT2D eigenvalue weighted by molar-refractivity contribution is 1.28. The van der Waals surface area contributed by atoms with Crippen LogP contribution in [0.25, 0.3) is 5.70 Å². The Morgan fingerprint density at radius 3 is 2.52 bits per heavy atom. The Morgan fingerprint density at radius 2 is 1.85 bits per heavy atom. The standard InChI is InChI=1S/C24H25N3/c1-6-7-8-13-19(3)24(27-21(5)23-15-9-10-16-25-23)26-20(4)22-14-11-12-18(2)17-22/h6-17H,1,4H2,2-3,5H3/b8-7-,19-13+,26-24?,27-21?. The number of rotatable bonds is 6. The topological polar surface area (TPSA) is 37.6 Å². The van der Waals surface area contributed by atoms with Crippen LogP contribution in [0.3, 0.4) is 0 Å². The third-order valence-electron chi connectivity index (χ3n) is 3.85. The molecule has 0 saturated heterocycles. The van der Waals surface area contributed by atoms with Crippen LogP contribution in [0.5, 0.6) is 0 Å². The van der Waals surface area contributed by atoms with Gasteiger partial charge >= 0.3 is 0 Å². The van der Waals surface area contributed by atoms with Crippen molar-refractivity contribution in [1.82, 2.24) is 4.98 Å². The first-order valence-electron chi connectivity index (χ1n) is 8.79. The van der Waals surface area contributed by atoms with E-state index in [1.807, 2.05) is 62.4 Å². The molecule has 0 atom stereocenters. The second kappa shape index (κ2) is 9.97. The molecular weight excluding hydrogens is 330 g/mol. The van der Waals surface area contributed by atoms with Crippen molar-refractivity contribution in [3.63, 3.8) is 0 Å². The molecule has 0 aliphatic rings. The van der Waals surface area contributed by atoms with E-state index < -0.39 is 0 Å². The normalized spacial score (nSPS) is 13.1. The fourth-order valence-corrected chi connectivity index (χ4v) is 2.36. The molecule has 0 spiro atoms. The maximum Gasteiger partial charge on any atom is 0.155 e. The number of pyridine rings is 1. The van der Waals surface area contributed by atoms with Gasteiger partial charge in [-0.05, 0) is 50.1 Å². The molecule has 1 aromatic carbocycles. The van der Waals surface area contributed by atoms with E-state index in [2.05, 4.69) is 37.2 Å². The monoisotopic (exact) mass is 355 g/mol. The van der Waals surface area contributed by atoms with Crippen LogP contribution in [0.4, 0.5) is 0 Å². The third-order valence-corrected chi connectivity index (χ3v) is 3.85. The highest BCUT2D eigenvalue weighted by Gasteiger charge is 2.06. The first-order valence-corrected chi connectivity index (χ1v) is 8.79. The van der Waals surface area contributed by atoms with E-state index in [0.29, 0.717) is 11.5 Å². The molecule has 1 aromatic heterocycles. The molecule has 136 valence electrons. The summed E-state index contributed by atoms with van der Waals surface area (Å²) in [5.74, 6) is 0.610. The third kappa shape index (κ3) is 6.15. The summed E-state index contributed by atoms with van der Waals surface area (Å²) in [7, 11) is 0. The number of aromatic nitrogens is 1. The zero-order valence-corrected chi connectivity index (χ0v) is 16.2. The lowest BCUT2D eigenvalue weighted by Gasteiger charge is -2.07. The van der Waals surface area contributed by atoms with E-state index in [4.69, 9.17) is 9.98 Å². The summed E-state index contributed by atoms with van der Waals surface area (Å²) >= 11 is 0. The number of aliphatic imine (C=N–C) groups is 2. The molecular formula is C24H25N3. The van der Waals surface area contributed by atoms with Crippen LogP contribution in [-0.4, -0.2) is 16.5 Å². The average Bonchev–Trinajstić information content (AvgIpc) is 2.68. The van der Waals surface area contributed by atoms with E-state index in [9.17, 15) is 0 Å². The van der Waals surface area contributed by atoms with Gasteiger partial charge in [-0.3, -0.25) is 4.98 Å². The lowest BCUT2D eigenvalue weighted by atomic mass is 10.1. The molecule has 0 unspecified atom stereocenters. The van der Waals surface area contributed by atoms with Gasteiger partial charge in [-0.2, -0.15) is 0 Å². The van der Waals surface area contributed by atoms with Crippen LogP contribution < -0.4 is 0 Å². The van der Waals surface area contributed by atoms with Gasteiger partial charge in [0, 0.05) is 6.20 Å². The Labute approximate surface area is 161 Å². The summed E-state index contributed by atoms with van der Waals surface area (Å²) in [5, 5.41) is 0. The van der Waals surface area contributed by atoms with Crippen molar-refractivity contribution in [1.29, 1.82) is 0 Å². The minimum absolute atomic E-state index is 0.610. The molecule has 3 nitrogen and oxygen atoms in total. The Hall–Kier alpha value is -3.33. The van der Waals surface area contributed by atoms with Crippen molar-refractivity contribution in [3.05, 3.63) is 109 Å². The second-order valence-corrected chi connectivity index (χ2v) is 6.13. The Balaban J connectivity index is 2.46. The Kier molecular flexibility index (Phi) is 7.38. The smallest absolute Gasteiger partial charge is 0.155 e. The predicted molar refractivity (Wildman–Crippen MR) is 117 cm³/mol. The van der Waals surface area contributed by atoms with Crippen molar-refractivity contribution in [2.24, 2.45) is 9.98 Å². The highest BCUT2D eigenvalue weighted by Crippen LogP contribution is 2.17. The van der Waals surface area contributed by atoms with Crippen molar-refractivity contribution in [3.8, 4) is 0 Å². The number of hydrogen-bond acceptors (Lipinski definition) is 2. The van der Waals surface area contributed by atoms with E-state index in [0.717, 1.165) is 22.5 Å². The first kappa shape index (κ1) is 20.0. The fraction of sp³-hybridized carbons (Fsp3) is 0.125. The van der Waals surface area contributed by atoms with Gasteiger partial charge in [0.05, 0.1) is 17.1 Å². The van der Waals surface area contributed by atoms with Crippen molar-refractivity contribution in [2.75, 3.05) is 0 Å². The molecule has 0 bridgehead atoms. The molecule has 0 N–H and O–H groups in total. The Morgan fingerprint density at radius 1 is 1.04 bits per heavy atom. The summed E-state index contributed by atoms with van der Waals surface area (Å²) in [6, 6.07) is 13.9. The van der Waals surface area contributed by atoms with Gasteiger partial charge in [0.15, 0.2) is 5.84 Å². The quantitative estimate of drug-likeness (QED) is 0.358. The lowest BCUT2D eigenvalue weighted by Crippen LogP contribution is -2.05. The SMILES string of the molecule is C=C/C=C\C=C(/C)C(=NC(=C)c1cccc(C)c1)N=C(C)c1ccccn1. The van der Waals surface area contributed by atoms with E-state index in [1.54, 1.807) is 12.3 Å². The summed E-state index contributed by atoms with van der Waals surface area (Å²) in [4.78, 5) is 13.8. The van der Waals surface area contributed by atoms with Gasteiger partial charge in [-0.1, -0.05) is 67.3 Å². The zero-order chi connectivity index (χ0) is 19.6. The van der Waals surface area contributed by atoms with Crippen LogP contribution in [0.1, 0.15) is 30.7 Å². The van der Waals surface area contributed by atoms with E-state index in [-0.39, 0.29) is 0 Å². The molecule has 0 radical (unpaired) electrons. The molecule has 0 aliphatic carbocycles. The molecule has 0 fully saturated rings. The molecule has 27 heavy (non-hydrogen) atoms. The molecule has 1 heterocycles. The molecule has 0 amide bonds. The minimum atomic E-state index is 0.610. The van der Waals surface area contributed by atoms with Crippen molar-refractivity contribution in [2.45, 2.75) is 20.8 Å². The van der Waals surface area contributed by atoms with Crippen LogP contribution in [0, 0.1) is 6.92 Å². The summed E-state index contributed by atoms with van der Waals surface area (Å²) in [6.45, 7) is 13.8. The molecule has 2 aromatic rings. The summed E-state index contributed by atoms with van der Waals surface area (Å²) < 4.78 is 0. The molecule has 2 rings (SSSR count). The highest BCUT2D eigenvalue weighted by atomic mass is 14.9. The van der Waals surface area contributed by atoms with Gasteiger partial charge in [0.25, 0.3) is 0 Å². The van der Waals surface area contributed by atoms with Crippen LogP contribution in [0.2, 0.25) is 0 Å². The Bertz CT molecular complexity index is 929. The van der Waals surface area contributed by atoms with Gasteiger partial charge < -0.3 is 0 Å².